The van der Waals surface area contributed by atoms with Gasteiger partial charge in [0, 0.05) is 67.4 Å². The minimum atomic E-state index is -3.69. The van der Waals surface area contributed by atoms with Crippen molar-refractivity contribution in [2.75, 3.05) is 32.1 Å². The second kappa shape index (κ2) is 8.15. The first-order chi connectivity index (χ1) is 15.8. The molecule has 3 heterocycles. The summed E-state index contributed by atoms with van der Waals surface area (Å²) < 4.78 is 31.2. The molecule has 2 atom stereocenters. The first kappa shape index (κ1) is 21.9. The normalized spacial score (nSPS) is 20.8. The average Bonchev–Trinajstić information content (AvgIpc) is 2.80. The van der Waals surface area contributed by atoms with Gasteiger partial charge in [-0.25, -0.2) is 8.42 Å². The highest BCUT2D eigenvalue weighted by atomic mass is 32.2. The fourth-order valence-corrected chi connectivity index (χ4v) is 7.21. The van der Waals surface area contributed by atoms with Crippen LogP contribution in [0.2, 0.25) is 0 Å². The largest absolute Gasteiger partial charge is 0.377 e. The van der Waals surface area contributed by atoms with Gasteiger partial charge in [0.25, 0.3) is 5.56 Å². The summed E-state index contributed by atoms with van der Waals surface area (Å²) in [5.74, 6) is 0.142. The Labute approximate surface area is 194 Å². The van der Waals surface area contributed by atoms with Crippen molar-refractivity contribution in [3.05, 3.63) is 76.2 Å². The minimum Gasteiger partial charge on any atom is -0.377 e. The van der Waals surface area contributed by atoms with Crippen LogP contribution >= 0.6 is 0 Å². The molecule has 0 aliphatic carbocycles. The maximum absolute atomic E-state index is 13.9. The van der Waals surface area contributed by atoms with Crippen LogP contribution in [0.15, 0.2) is 64.3 Å². The van der Waals surface area contributed by atoms with E-state index >= 15 is 0 Å². The van der Waals surface area contributed by atoms with Gasteiger partial charge in [-0.1, -0.05) is 36.4 Å². The molecule has 3 aromatic rings. The van der Waals surface area contributed by atoms with Gasteiger partial charge in [0.15, 0.2) is 0 Å². The summed E-state index contributed by atoms with van der Waals surface area (Å²) in [6, 6.07) is 15.2. The highest BCUT2D eigenvalue weighted by molar-refractivity contribution is 7.89. The van der Waals surface area contributed by atoms with Crippen molar-refractivity contribution in [1.29, 1.82) is 0 Å². The first-order valence-corrected chi connectivity index (χ1v) is 12.8. The summed E-state index contributed by atoms with van der Waals surface area (Å²) in [5.41, 5.74) is 2.63. The van der Waals surface area contributed by atoms with Crippen molar-refractivity contribution in [3.8, 4) is 0 Å². The molecular weight excluding hydrogens is 434 g/mol. The number of sulfonamides is 1. The van der Waals surface area contributed by atoms with Crippen LogP contribution in [0.1, 0.15) is 30.5 Å². The number of anilines is 1. The Morgan fingerprint density at radius 2 is 1.73 bits per heavy atom. The van der Waals surface area contributed by atoms with E-state index in [4.69, 9.17) is 0 Å². The lowest BCUT2D eigenvalue weighted by Gasteiger charge is -2.42. The molecule has 2 aromatic carbocycles. The monoisotopic (exact) mass is 463 g/mol. The zero-order chi connectivity index (χ0) is 23.3. The lowest BCUT2D eigenvalue weighted by atomic mass is 9.84. The van der Waals surface area contributed by atoms with Crippen molar-refractivity contribution in [3.63, 3.8) is 0 Å². The summed E-state index contributed by atoms with van der Waals surface area (Å²) in [6.45, 7) is 3.28. The fourth-order valence-electron chi connectivity index (χ4n) is 5.44. The predicted octanol–water partition coefficient (Wildman–Crippen LogP) is 3.91. The third-order valence-electron chi connectivity index (χ3n) is 6.91. The number of piperidine rings is 1. The van der Waals surface area contributed by atoms with Crippen LogP contribution in [0, 0.1) is 5.92 Å². The van der Waals surface area contributed by atoms with Gasteiger partial charge < -0.3 is 9.47 Å². The highest BCUT2D eigenvalue weighted by Gasteiger charge is 2.40. The van der Waals surface area contributed by atoms with Gasteiger partial charge in [0.05, 0.1) is 4.90 Å². The smallest absolute Gasteiger partial charge is 0.258 e. The molecule has 1 fully saturated rings. The molecule has 6 nitrogen and oxygen atoms in total. The fraction of sp³-hybridized carbons (Fsp3) is 0.346. The molecule has 1 aromatic heterocycles. The summed E-state index contributed by atoms with van der Waals surface area (Å²) in [4.78, 5) is 15.3. The molecule has 7 heteroatoms. The predicted molar refractivity (Wildman–Crippen MR) is 133 cm³/mol. The van der Waals surface area contributed by atoms with E-state index in [1.807, 2.05) is 85.1 Å². The number of rotatable bonds is 4. The average molecular weight is 464 g/mol. The zero-order valence-corrected chi connectivity index (χ0v) is 20.0. The molecule has 0 spiro atoms. The Morgan fingerprint density at radius 1 is 0.970 bits per heavy atom. The van der Waals surface area contributed by atoms with Gasteiger partial charge >= 0.3 is 0 Å². The molecule has 0 radical (unpaired) electrons. The van der Waals surface area contributed by atoms with E-state index in [9.17, 15) is 13.2 Å². The van der Waals surface area contributed by atoms with E-state index in [2.05, 4.69) is 0 Å². The number of aromatic nitrogens is 1. The Morgan fingerprint density at radius 3 is 2.48 bits per heavy atom. The molecule has 2 aliphatic rings. The van der Waals surface area contributed by atoms with Crippen LogP contribution < -0.4 is 10.5 Å². The topological polar surface area (TPSA) is 62.6 Å². The van der Waals surface area contributed by atoms with Crippen LogP contribution in [0.25, 0.3) is 16.8 Å². The third-order valence-corrected chi connectivity index (χ3v) is 8.79. The Hall–Kier alpha value is -2.90. The molecule has 0 unspecified atom stereocenters. The molecule has 1 saturated heterocycles. The van der Waals surface area contributed by atoms with Crippen LogP contribution in [-0.4, -0.2) is 44.5 Å². The number of benzene rings is 2. The number of pyridine rings is 1. The number of hydrogen-bond acceptors (Lipinski definition) is 4. The van der Waals surface area contributed by atoms with Gasteiger partial charge in [-0.15, -0.1) is 0 Å². The number of allylic oxidation sites excluding steroid dienone is 1. The van der Waals surface area contributed by atoms with E-state index < -0.39 is 10.0 Å². The molecule has 33 heavy (non-hydrogen) atoms. The summed E-state index contributed by atoms with van der Waals surface area (Å²) >= 11 is 0. The number of nitrogens with zero attached hydrogens (tertiary/aromatic N) is 3. The molecule has 0 amide bonds. The van der Waals surface area contributed by atoms with Crippen LogP contribution in [-0.2, 0) is 16.6 Å². The Bertz CT molecular complexity index is 1420. The maximum Gasteiger partial charge on any atom is 0.258 e. The maximum atomic E-state index is 13.9. The SMILES string of the molecule is C/C=C/c1ccc2n(c1=O)C[C@H]1C[C@@H]2CN(S(=O)(=O)c2cccc3c(N(C)C)cccc23)C1. The van der Waals surface area contributed by atoms with Crippen molar-refractivity contribution in [2.45, 2.75) is 30.7 Å². The Balaban J connectivity index is 1.54. The summed E-state index contributed by atoms with van der Waals surface area (Å²) in [7, 11) is 0.236. The van der Waals surface area contributed by atoms with Crippen molar-refractivity contribution in [2.24, 2.45) is 5.92 Å². The van der Waals surface area contributed by atoms with Crippen molar-refractivity contribution in [1.82, 2.24) is 8.87 Å². The lowest BCUT2D eigenvalue weighted by molar-refractivity contribution is 0.186. The van der Waals surface area contributed by atoms with E-state index in [-0.39, 0.29) is 17.4 Å². The van der Waals surface area contributed by atoms with E-state index in [1.165, 1.54) is 0 Å². The lowest BCUT2D eigenvalue weighted by Crippen LogP contribution is -2.49. The molecule has 0 N–H and O–H groups in total. The Kier molecular flexibility index (Phi) is 5.41. The van der Waals surface area contributed by atoms with Gasteiger partial charge in [0.1, 0.15) is 0 Å². The number of hydrogen-bond donors (Lipinski definition) is 0. The standard InChI is InChI=1S/C26H29N3O3S/c1-4-7-19-12-13-23-20-14-18(16-29(23)26(19)30)15-28(17-20)33(31,32)25-11-6-8-21-22(25)9-5-10-24(21)27(2)3/h4-13,18,20H,14-17H2,1-3H3/b7-4+/t18-,20+/m0/s1. The quantitative estimate of drug-likeness (QED) is 0.589. The molecule has 2 bridgehead atoms. The highest BCUT2D eigenvalue weighted by Crippen LogP contribution is 2.39. The van der Waals surface area contributed by atoms with E-state index in [0.717, 1.165) is 28.6 Å². The van der Waals surface area contributed by atoms with Crippen molar-refractivity contribution < 1.29 is 8.42 Å². The molecule has 2 aliphatic heterocycles. The van der Waals surface area contributed by atoms with Gasteiger partial charge in [0.2, 0.25) is 10.0 Å². The second-order valence-corrected chi connectivity index (χ2v) is 11.2. The second-order valence-electron chi connectivity index (χ2n) is 9.27. The summed E-state index contributed by atoms with van der Waals surface area (Å²) in [6.07, 6.45) is 4.61. The van der Waals surface area contributed by atoms with Crippen molar-refractivity contribution >= 4 is 32.6 Å². The van der Waals surface area contributed by atoms with Crippen LogP contribution in [0.5, 0.6) is 0 Å². The minimum absolute atomic E-state index is 0.0156. The molecule has 172 valence electrons. The van der Waals surface area contributed by atoms with Gasteiger partial charge in [-0.05, 0) is 43.5 Å². The first-order valence-electron chi connectivity index (χ1n) is 11.4. The molecular formula is C26H29N3O3S. The molecule has 5 rings (SSSR count). The van der Waals surface area contributed by atoms with Gasteiger partial charge in [-0.3, -0.25) is 4.79 Å². The third kappa shape index (κ3) is 3.60. The number of fused-ring (bicyclic) bond motifs is 5. The van der Waals surface area contributed by atoms with E-state index in [0.29, 0.717) is 30.1 Å². The summed E-state index contributed by atoms with van der Waals surface area (Å²) in [5, 5.41) is 1.67. The van der Waals surface area contributed by atoms with Gasteiger partial charge in [-0.2, -0.15) is 4.31 Å². The zero-order valence-electron chi connectivity index (χ0n) is 19.2. The van der Waals surface area contributed by atoms with E-state index in [1.54, 1.807) is 10.4 Å². The molecule has 0 saturated carbocycles. The van der Waals surface area contributed by atoms with Crippen LogP contribution in [0.4, 0.5) is 5.69 Å². The van der Waals surface area contributed by atoms with Crippen LogP contribution in [0.3, 0.4) is 0 Å².